The number of nitrogens with zero attached hydrogens (tertiary/aromatic N) is 4. The topological polar surface area (TPSA) is 92.0 Å². The molecule has 4 aromatic rings. The smallest absolute Gasteiger partial charge is 0.265 e. The predicted molar refractivity (Wildman–Crippen MR) is 96.2 cm³/mol. The maximum atomic E-state index is 5.32. The van der Waals surface area contributed by atoms with E-state index in [0.29, 0.717) is 22.0 Å². The summed E-state index contributed by atoms with van der Waals surface area (Å²) in [4.78, 5) is 7.66. The Morgan fingerprint density at radius 2 is 2.21 bits per heavy atom. The summed E-state index contributed by atoms with van der Waals surface area (Å²) in [5.41, 5.74) is 6.42. The van der Waals surface area contributed by atoms with Crippen molar-refractivity contribution in [2.24, 2.45) is 5.10 Å². The molecule has 0 saturated carbocycles. The van der Waals surface area contributed by atoms with Crippen molar-refractivity contribution in [1.29, 1.82) is 0 Å². The van der Waals surface area contributed by atoms with Crippen molar-refractivity contribution in [3.05, 3.63) is 46.3 Å². The summed E-state index contributed by atoms with van der Waals surface area (Å²) >= 11 is 3.24. The lowest BCUT2D eigenvalue weighted by Gasteiger charge is -1.97. The Hall–Kier alpha value is -2.74. The van der Waals surface area contributed by atoms with Crippen LogP contribution in [0.5, 0.6) is 0 Å². The van der Waals surface area contributed by atoms with Gasteiger partial charge in [0.1, 0.15) is 11.3 Å². The van der Waals surface area contributed by atoms with Crippen LogP contribution >= 0.6 is 15.9 Å². The van der Waals surface area contributed by atoms with Crippen LogP contribution in [0.2, 0.25) is 0 Å². The minimum atomic E-state index is 0.312. The number of hydrazone groups is 1. The van der Waals surface area contributed by atoms with Crippen molar-refractivity contribution in [3.8, 4) is 0 Å². The SMILES string of the molecule is CCc1ccc2[nH]c3nc(N/N=C/c4ccc(Br)o4)nnc3c2c1. The third-order valence-corrected chi connectivity index (χ3v) is 4.06. The zero-order chi connectivity index (χ0) is 16.5. The minimum Gasteiger partial charge on any atom is -0.448 e. The fourth-order valence-corrected chi connectivity index (χ4v) is 2.76. The zero-order valence-corrected chi connectivity index (χ0v) is 14.3. The van der Waals surface area contributed by atoms with Gasteiger partial charge in [-0.3, -0.25) is 0 Å². The molecule has 3 heterocycles. The highest BCUT2D eigenvalue weighted by Crippen LogP contribution is 2.23. The van der Waals surface area contributed by atoms with E-state index < -0.39 is 0 Å². The average Bonchev–Trinajstić information content (AvgIpc) is 3.17. The fourth-order valence-electron chi connectivity index (χ4n) is 2.44. The molecule has 0 radical (unpaired) electrons. The number of aryl methyl sites for hydroxylation is 1. The molecule has 0 unspecified atom stereocenters. The highest BCUT2D eigenvalue weighted by Gasteiger charge is 2.09. The summed E-state index contributed by atoms with van der Waals surface area (Å²) in [5, 5.41) is 13.4. The normalized spacial score (nSPS) is 11.8. The molecule has 7 nitrogen and oxygen atoms in total. The Labute approximate surface area is 145 Å². The third-order valence-electron chi connectivity index (χ3n) is 3.64. The Balaban J connectivity index is 1.63. The van der Waals surface area contributed by atoms with Gasteiger partial charge in [0.05, 0.1) is 6.21 Å². The maximum Gasteiger partial charge on any atom is 0.265 e. The first kappa shape index (κ1) is 14.8. The van der Waals surface area contributed by atoms with Crippen molar-refractivity contribution in [2.45, 2.75) is 13.3 Å². The van der Waals surface area contributed by atoms with Crippen LogP contribution in [0.1, 0.15) is 18.2 Å². The highest BCUT2D eigenvalue weighted by atomic mass is 79.9. The number of nitrogens with one attached hydrogen (secondary N) is 2. The molecule has 0 aliphatic heterocycles. The van der Waals surface area contributed by atoms with E-state index in [2.05, 4.69) is 65.7 Å². The molecule has 0 spiro atoms. The van der Waals surface area contributed by atoms with Crippen molar-refractivity contribution in [3.63, 3.8) is 0 Å². The molecule has 0 atom stereocenters. The van der Waals surface area contributed by atoms with Crippen LogP contribution in [0.4, 0.5) is 5.95 Å². The number of furan rings is 1. The lowest BCUT2D eigenvalue weighted by molar-refractivity contribution is 0.534. The Morgan fingerprint density at radius 1 is 1.29 bits per heavy atom. The van der Waals surface area contributed by atoms with Crippen LogP contribution in [-0.4, -0.2) is 26.4 Å². The second kappa shape index (κ2) is 6.04. The summed E-state index contributed by atoms with van der Waals surface area (Å²) in [7, 11) is 0. The molecule has 24 heavy (non-hydrogen) atoms. The van der Waals surface area contributed by atoms with Gasteiger partial charge in [-0.2, -0.15) is 10.1 Å². The largest absolute Gasteiger partial charge is 0.448 e. The molecule has 8 heteroatoms. The Bertz CT molecular complexity index is 1050. The molecule has 0 bridgehead atoms. The van der Waals surface area contributed by atoms with Gasteiger partial charge in [-0.25, -0.2) is 5.43 Å². The van der Waals surface area contributed by atoms with Gasteiger partial charge in [0.25, 0.3) is 5.95 Å². The van der Waals surface area contributed by atoms with Crippen LogP contribution in [0.15, 0.2) is 44.5 Å². The van der Waals surface area contributed by atoms with Crippen molar-refractivity contribution in [2.75, 3.05) is 5.43 Å². The van der Waals surface area contributed by atoms with Gasteiger partial charge in [-0.1, -0.05) is 13.0 Å². The number of aromatic amines is 1. The van der Waals surface area contributed by atoms with Crippen LogP contribution in [0.3, 0.4) is 0 Å². The standard InChI is InChI=1S/C16H13BrN6O/c1-2-9-3-5-12-11(7-9)14-15(19-12)20-16(23-21-14)22-18-8-10-4-6-13(17)24-10/h3-8H,2H2,1H3,(H2,19,20,22,23)/b18-8+. The number of hydrogen-bond donors (Lipinski definition) is 2. The van der Waals surface area contributed by atoms with E-state index in [1.807, 2.05) is 6.07 Å². The number of aromatic nitrogens is 4. The molecule has 0 aliphatic carbocycles. The number of halogens is 1. The van der Waals surface area contributed by atoms with Crippen LogP contribution in [-0.2, 0) is 6.42 Å². The van der Waals surface area contributed by atoms with Crippen molar-refractivity contribution >= 4 is 50.2 Å². The van der Waals surface area contributed by atoms with Gasteiger partial charge in [-0.05, 0) is 52.2 Å². The Kier molecular flexibility index (Phi) is 3.73. The third kappa shape index (κ3) is 2.76. The fraction of sp³-hybridized carbons (Fsp3) is 0.125. The van der Waals surface area contributed by atoms with Gasteiger partial charge in [-0.15, -0.1) is 10.2 Å². The monoisotopic (exact) mass is 384 g/mol. The summed E-state index contributed by atoms with van der Waals surface area (Å²) in [6, 6.07) is 9.83. The van der Waals surface area contributed by atoms with E-state index in [9.17, 15) is 0 Å². The Morgan fingerprint density at radius 3 is 3.00 bits per heavy atom. The van der Waals surface area contributed by atoms with Gasteiger partial charge < -0.3 is 9.40 Å². The van der Waals surface area contributed by atoms with E-state index in [4.69, 9.17) is 4.42 Å². The van der Waals surface area contributed by atoms with Crippen LogP contribution in [0, 0.1) is 0 Å². The number of H-pyrrole nitrogens is 1. The zero-order valence-electron chi connectivity index (χ0n) is 12.7. The molecule has 4 rings (SSSR count). The highest BCUT2D eigenvalue weighted by molar-refractivity contribution is 9.10. The first-order valence-electron chi connectivity index (χ1n) is 7.42. The summed E-state index contributed by atoms with van der Waals surface area (Å²) in [5.74, 6) is 0.924. The molecule has 0 aliphatic rings. The second-order valence-corrected chi connectivity index (χ2v) is 5.98. The molecule has 0 fully saturated rings. The molecule has 1 aromatic carbocycles. The lowest BCUT2D eigenvalue weighted by atomic mass is 10.1. The van der Waals surface area contributed by atoms with Gasteiger partial charge in [0.15, 0.2) is 10.3 Å². The van der Waals surface area contributed by atoms with E-state index in [1.165, 1.54) is 11.8 Å². The average molecular weight is 385 g/mol. The van der Waals surface area contributed by atoms with E-state index in [-0.39, 0.29) is 0 Å². The first-order chi connectivity index (χ1) is 11.7. The van der Waals surface area contributed by atoms with E-state index in [0.717, 1.165) is 22.8 Å². The molecule has 0 amide bonds. The van der Waals surface area contributed by atoms with E-state index >= 15 is 0 Å². The lowest BCUT2D eigenvalue weighted by Crippen LogP contribution is -1.98. The molecule has 0 saturated heterocycles. The van der Waals surface area contributed by atoms with Crippen molar-refractivity contribution < 1.29 is 4.42 Å². The van der Waals surface area contributed by atoms with Crippen LogP contribution < -0.4 is 5.43 Å². The van der Waals surface area contributed by atoms with Crippen LogP contribution in [0.25, 0.3) is 22.1 Å². The summed E-state index contributed by atoms with van der Waals surface area (Å²) in [6.45, 7) is 2.12. The summed E-state index contributed by atoms with van der Waals surface area (Å²) < 4.78 is 5.96. The molecular formula is C16H13BrN6O. The maximum absolute atomic E-state index is 5.32. The number of fused-ring (bicyclic) bond motifs is 3. The minimum absolute atomic E-state index is 0.312. The number of anilines is 1. The first-order valence-corrected chi connectivity index (χ1v) is 8.21. The number of hydrogen-bond acceptors (Lipinski definition) is 6. The van der Waals surface area contributed by atoms with Gasteiger partial charge >= 0.3 is 0 Å². The van der Waals surface area contributed by atoms with Gasteiger partial charge in [0, 0.05) is 10.9 Å². The summed E-state index contributed by atoms with van der Waals surface area (Å²) in [6.07, 6.45) is 2.51. The quantitative estimate of drug-likeness (QED) is 0.411. The second-order valence-electron chi connectivity index (χ2n) is 5.20. The van der Waals surface area contributed by atoms with Gasteiger partial charge in [0.2, 0.25) is 0 Å². The number of benzene rings is 1. The molecule has 120 valence electrons. The molecular weight excluding hydrogens is 372 g/mol. The predicted octanol–water partition coefficient (Wildman–Crippen LogP) is 3.87. The number of rotatable bonds is 4. The molecule has 3 aromatic heterocycles. The van der Waals surface area contributed by atoms with Crippen molar-refractivity contribution in [1.82, 2.24) is 20.2 Å². The van der Waals surface area contributed by atoms with E-state index in [1.54, 1.807) is 12.1 Å². The molecule has 2 N–H and O–H groups in total.